The molecule has 9 heteroatoms. The third-order valence-electron chi connectivity index (χ3n) is 6.57. The van der Waals surface area contributed by atoms with Crippen LogP contribution in [0.25, 0.3) is 0 Å². The van der Waals surface area contributed by atoms with Crippen LogP contribution in [-0.2, 0) is 22.3 Å². The molecular weight excluding hydrogens is 461 g/mol. The minimum absolute atomic E-state index is 0.0693. The van der Waals surface area contributed by atoms with Crippen molar-refractivity contribution in [2.24, 2.45) is 9.98 Å². The number of fused-ring (bicyclic) bond motifs is 2. The van der Waals surface area contributed by atoms with Gasteiger partial charge in [0.2, 0.25) is 0 Å². The minimum atomic E-state index is 0.0693. The third-order valence-corrected chi connectivity index (χ3v) is 7.04. The van der Waals surface area contributed by atoms with Crippen LogP contribution in [0.15, 0.2) is 46.4 Å². The van der Waals surface area contributed by atoms with E-state index < -0.39 is 0 Å². The first-order valence-electron chi connectivity index (χ1n) is 11.4. The topological polar surface area (TPSA) is 61.7 Å². The quantitative estimate of drug-likeness (QED) is 0.717. The lowest BCUT2D eigenvalue weighted by Gasteiger charge is -2.21. The van der Waals surface area contributed by atoms with Gasteiger partial charge in [-0.15, -0.1) is 0 Å². The molecule has 1 N–H and O–H groups in total. The summed E-state index contributed by atoms with van der Waals surface area (Å²) in [6.07, 6.45) is 2.03. The fourth-order valence-corrected chi connectivity index (χ4v) is 5.40. The fourth-order valence-electron chi connectivity index (χ4n) is 5.01. The SMILES string of the molecule is Clc1ccc2c(c1)CCN2CC1COC(NC2=NC(CN3CCc4cc(Cl)ccc43)CO2)=N1. The molecule has 4 aliphatic heterocycles. The largest absolute Gasteiger partial charge is 0.463 e. The van der Waals surface area contributed by atoms with Crippen LogP contribution in [0.1, 0.15) is 11.1 Å². The van der Waals surface area contributed by atoms with Crippen molar-refractivity contribution in [3.63, 3.8) is 0 Å². The zero-order valence-corrected chi connectivity index (χ0v) is 19.6. The second-order valence-corrected chi connectivity index (χ2v) is 9.73. The molecule has 0 aliphatic carbocycles. The summed E-state index contributed by atoms with van der Waals surface area (Å²) in [5.41, 5.74) is 5.08. The molecule has 6 rings (SSSR count). The monoisotopic (exact) mass is 485 g/mol. The van der Waals surface area contributed by atoms with Crippen LogP contribution < -0.4 is 15.1 Å². The van der Waals surface area contributed by atoms with Crippen LogP contribution in [0.2, 0.25) is 10.0 Å². The van der Waals surface area contributed by atoms with Gasteiger partial charge in [0.15, 0.2) is 0 Å². The van der Waals surface area contributed by atoms with Crippen molar-refractivity contribution < 1.29 is 9.47 Å². The van der Waals surface area contributed by atoms with E-state index in [1.54, 1.807) is 0 Å². The highest BCUT2D eigenvalue weighted by molar-refractivity contribution is 6.31. The van der Waals surface area contributed by atoms with E-state index in [1.165, 1.54) is 22.5 Å². The molecule has 33 heavy (non-hydrogen) atoms. The lowest BCUT2D eigenvalue weighted by atomic mass is 10.2. The molecule has 2 unspecified atom stereocenters. The summed E-state index contributed by atoms with van der Waals surface area (Å²) in [4.78, 5) is 14.1. The summed E-state index contributed by atoms with van der Waals surface area (Å²) >= 11 is 12.3. The Hall–Kier alpha value is -2.64. The van der Waals surface area contributed by atoms with Gasteiger partial charge >= 0.3 is 0 Å². The van der Waals surface area contributed by atoms with E-state index >= 15 is 0 Å². The molecule has 4 heterocycles. The number of amidine groups is 2. The van der Waals surface area contributed by atoms with E-state index in [4.69, 9.17) is 42.7 Å². The highest BCUT2D eigenvalue weighted by atomic mass is 35.5. The van der Waals surface area contributed by atoms with Crippen molar-refractivity contribution in [2.75, 3.05) is 49.2 Å². The summed E-state index contributed by atoms with van der Waals surface area (Å²) in [6.45, 7) is 4.68. The van der Waals surface area contributed by atoms with E-state index in [0.29, 0.717) is 25.3 Å². The highest BCUT2D eigenvalue weighted by Gasteiger charge is 2.29. The Morgan fingerprint density at radius 2 is 1.27 bits per heavy atom. The molecule has 0 saturated heterocycles. The molecular formula is C24H25Cl2N5O2. The first-order valence-corrected chi connectivity index (χ1v) is 12.1. The van der Waals surface area contributed by atoms with E-state index in [1.807, 2.05) is 12.1 Å². The van der Waals surface area contributed by atoms with Gasteiger partial charge in [0.25, 0.3) is 12.0 Å². The summed E-state index contributed by atoms with van der Waals surface area (Å²) in [5.74, 6) is 0. The van der Waals surface area contributed by atoms with Crippen molar-refractivity contribution in [1.29, 1.82) is 0 Å². The smallest absolute Gasteiger partial charge is 0.293 e. The molecule has 0 amide bonds. The van der Waals surface area contributed by atoms with Crippen molar-refractivity contribution in [2.45, 2.75) is 24.9 Å². The van der Waals surface area contributed by atoms with Crippen molar-refractivity contribution >= 4 is 46.6 Å². The highest BCUT2D eigenvalue weighted by Crippen LogP contribution is 2.32. The Kier molecular flexibility index (Phi) is 5.46. The summed E-state index contributed by atoms with van der Waals surface area (Å²) < 4.78 is 11.6. The summed E-state index contributed by atoms with van der Waals surface area (Å²) in [7, 11) is 0. The summed E-state index contributed by atoms with van der Waals surface area (Å²) in [5, 5.41) is 4.70. The van der Waals surface area contributed by atoms with Gasteiger partial charge in [-0.2, -0.15) is 0 Å². The minimum Gasteiger partial charge on any atom is -0.463 e. The van der Waals surface area contributed by atoms with Crippen LogP contribution >= 0.6 is 23.2 Å². The van der Waals surface area contributed by atoms with Crippen molar-refractivity contribution in [3.05, 3.63) is 57.6 Å². The molecule has 2 aromatic rings. The predicted octanol–water partition coefficient (Wildman–Crippen LogP) is 3.52. The number of hydrogen-bond acceptors (Lipinski definition) is 7. The van der Waals surface area contributed by atoms with E-state index in [9.17, 15) is 0 Å². The van der Waals surface area contributed by atoms with E-state index in [-0.39, 0.29) is 12.1 Å². The van der Waals surface area contributed by atoms with Crippen molar-refractivity contribution in [3.8, 4) is 0 Å². The molecule has 0 spiro atoms. The Balaban J connectivity index is 1.04. The fraction of sp³-hybridized carbons (Fsp3) is 0.417. The van der Waals surface area contributed by atoms with Crippen LogP contribution in [0.4, 0.5) is 11.4 Å². The number of rotatable bonds is 4. The number of ether oxygens (including phenoxy) is 2. The number of nitrogens with zero attached hydrogens (tertiary/aromatic N) is 4. The average Bonchev–Trinajstić information content (AvgIpc) is 3.58. The Morgan fingerprint density at radius 1 is 0.788 bits per heavy atom. The second kappa shape index (κ2) is 8.61. The number of anilines is 2. The number of benzene rings is 2. The molecule has 0 bridgehead atoms. The first-order chi connectivity index (χ1) is 16.1. The molecule has 2 aromatic carbocycles. The van der Waals surface area contributed by atoms with Crippen molar-refractivity contribution in [1.82, 2.24) is 5.32 Å². The standard InChI is InChI=1S/C24H25Cl2N5O2/c25-17-1-3-21-15(9-17)5-7-30(21)11-19-13-32-23(27-19)29-24-28-20(14-33-24)12-31-8-6-16-10-18(26)2-4-22(16)31/h1-4,9-10,19-20H,5-8,11-14H2,(H,27,28,29). The lowest BCUT2D eigenvalue weighted by Crippen LogP contribution is -2.31. The van der Waals surface area contributed by atoms with Gasteiger partial charge in [0.05, 0.1) is 0 Å². The Labute approximate surface area is 203 Å². The Morgan fingerprint density at radius 3 is 1.76 bits per heavy atom. The average molecular weight is 486 g/mol. The van der Waals surface area contributed by atoms with Gasteiger partial charge in [-0.3, -0.25) is 5.32 Å². The maximum atomic E-state index is 6.13. The van der Waals surface area contributed by atoms with Crippen LogP contribution in [0, 0.1) is 0 Å². The van der Waals surface area contributed by atoms with Crippen LogP contribution in [0.3, 0.4) is 0 Å². The maximum absolute atomic E-state index is 6.13. The molecule has 4 aliphatic rings. The Bertz CT molecular complexity index is 1050. The zero-order chi connectivity index (χ0) is 22.4. The zero-order valence-electron chi connectivity index (χ0n) is 18.1. The van der Waals surface area contributed by atoms with Gasteiger partial charge in [-0.05, 0) is 60.4 Å². The second-order valence-electron chi connectivity index (χ2n) is 8.86. The van der Waals surface area contributed by atoms with E-state index in [2.05, 4.69) is 39.4 Å². The first kappa shape index (κ1) is 20.9. The number of nitrogens with one attached hydrogen (secondary N) is 1. The van der Waals surface area contributed by atoms with Gasteiger partial charge in [-0.1, -0.05) is 23.2 Å². The molecule has 7 nitrogen and oxygen atoms in total. The van der Waals surface area contributed by atoms with Crippen LogP contribution in [0.5, 0.6) is 0 Å². The van der Waals surface area contributed by atoms with Gasteiger partial charge in [-0.25, -0.2) is 9.98 Å². The molecule has 2 atom stereocenters. The van der Waals surface area contributed by atoms with Gasteiger partial charge in [0.1, 0.15) is 25.3 Å². The predicted molar refractivity (Wildman–Crippen MR) is 132 cm³/mol. The molecule has 0 fully saturated rings. The number of hydrogen-bond donors (Lipinski definition) is 1. The van der Waals surface area contributed by atoms with Gasteiger partial charge < -0.3 is 19.3 Å². The molecule has 0 saturated carbocycles. The molecule has 0 aromatic heterocycles. The maximum Gasteiger partial charge on any atom is 0.293 e. The third kappa shape index (κ3) is 4.32. The molecule has 172 valence electrons. The number of aliphatic imine (C=N–C) groups is 2. The normalized spacial score (nSPS) is 23.1. The van der Waals surface area contributed by atoms with Crippen LogP contribution in [-0.4, -0.2) is 63.5 Å². The summed E-state index contributed by atoms with van der Waals surface area (Å²) in [6, 6.07) is 13.3. The number of halogens is 2. The molecule has 0 radical (unpaired) electrons. The van der Waals surface area contributed by atoms with E-state index in [0.717, 1.165) is 49.1 Å². The lowest BCUT2D eigenvalue weighted by molar-refractivity contribution is 0.292. The van der Waals surface area contributed by atoms with Gasteiger partial charge in [0, 0.05) is 47.6 Å².